The van der Waals surface area contributed by atoms with E-state index in [0.29, 0.717) is 10.0 Å². The minimum absolute atomic E-state index is 0.556. The number of rotatable bonds is 3. The van der Waals surface area contributed by atoms with E-state index in [2.05, 4.69) is 4.90 Å². The first-order valence-electron chi connectivity index (χ1n) is 7.01. The molecule has 2 aromatic rings. The fourth-order valence-corrected chi connectivity index (χ4v) is 3.05. The predicted molar refractivity (Wildman–Crippen MR) is 91.8 cm³/mol. The Balaban J connectivity index is 1.89. The van der Waals surface area contributed by atoms with Crippen LogP contribution in [0.1, 0.15) is 16.7 Å². The number of hydroxylamine groups is 1. The summed E-state index contributed by atoms with van der Waals surface area (Å²) in [4.78, 5) is 13.4. The van der Waals surface area contributed by atoms with Crippen LogP contribution >= 0.6 is 23.2 Å². The van der Waals surface area contributed by atoms with Crippen molar-refractivity contribution in [2.45, 2.75) is 13.1 Å². The van der Waals surface area contributed by atoms with E-state index in [1.165, 1.54) is 6.08 Å². The molecular formula is C17H14Cl2N2O2. The molecule has 2 aromatic carbocycles. The van der Waals surface area contributed by atoms with Crippen molar-refractivity contribution in [2.75, 3.05) is 4.90 Å². The maximum Gasteiger partial charge on any atom is 0.267 e. The van der Waals surface area contributed by atoms with Crippen molar-refractivity contribution >= 4 is 40.9 Å². The molecular weight excluding hydrogens is 335 g/mol. The van der Waals surface area contributed by atoms with Crippen molar-refractivity contribution in [3.63, 3.8) is 0 Å². The van der Waals surface area contributed by atoms with Crippen LogP contribution in [0.5, 0.6) is 0 Å². The van der Waals surface area contributed by atoms with Crippen LogP contribution in [0.15, 0.2) is 42.5 Å². The van der Waals surface area contributed by atoms with Gasteiger partial charge >= 0.3 is 0 Å². The average molecular weight is 349 g/mol. The molecule has 0 unspecified atom stereocenters. The first-order chi connectivity index (χ1) is 11.1. The summed E-state index contributed by atoms with van der Waals surface area (Å²) in [7, 11) is 0. The molecule has 0 aliphatic carbocycles. The van der Waals surface area contributed by atoms with E-state index in [-0.39, 0.29) is 0 Å². The predicted octanol–water partition coefficient (Wildman–Crippen LogP) is 4.03. The summed E-state index contributed by atoms with van der Waals surface area (Å²) in [5.74, 6) is -0.567. The van der Waals surface area contributed by atoms with Crippen molar-refractivity contribution in [1.82, 2.24) is 5.48 Å². The van der Waals surface area contributed by atoms with Gasteiger partial charge in [-0.1, -0.05) is 41.4 Å². The van der Waals surface area contributed by atoms with Crippen molar-refractivity contribution in [3.05, 3.63) is 69.2 Å². The second-order valence-corrected chi connectivity index (χ2v) is 6.07. The van der Waals surface area contributed by atoms with Crippen molar-refractivity contribution in [3.8, 4) is 0 Å². The van der Waals surface area contributed by atoms with E-state index < -0.39 is 5.91 Å². The zero-order chi connectivity index (χ0) is 16.4. The largest absolute Gasteiger partial charge is 0.362 e. The molecule has 1 aliphatic rings. The minimum Gasteiger partial charge on any atom is -0.362 e. The van der Waals surface area contributed by atoms with E-state index >= 15 is 0 Å². The number of carbonyl (C=O) groups is 1. The Bertz CT molecular complexity index is 759. The molecule has 0 fully saturated rings. The molecule has 6 heteroatoms. The molecule has 4 nitrogen and oxygen atoms in total. The van der Waals surface area contributed by atoms with E-state index in [0.717, 1.165) is 35.5 Å². The van der Waals surface area contributed by atoms with E-state index in [1.54, 1.807) is 11.6 Å². The van der Waals surface area contributed by atoms with Crippen LogP contribution in [0, 0.1) is 0 Å². The maximum atomic E-state index is 11.2. The standard InChI is InChI=1S/C17H14Cl2N2O2/c18-14-7-12-9-21(10-13(12)8-15(14)19)16-4-2-1-3-11(16)5-6-17(22)20-23/h1-8,23H,9-10H2,(H,20,22). The number of hydrogen-bond acceptors (Lipinski definition) is 3. The van der Waals surface area contributed by atoms with Crippen molar-refractivity contribution < 1.29 is 10.0 Å². The summed E-state index contributed by atoms with van der Waals surface area (Å²) in [5.41, 5.74) is 5.76. The topological polar surface area (TPSA) is 52.6 Å². The van der Waals surface area contributed by atoms with E-state index in [1.807, 2.05) is 36.4 Å². The Hall–Kier alpha value is -2.01. The van der Waals surface area contributed by atoms with Gasteiger partial charge in [-0.3, -0.25) is 10.0 Å². The van der Waals surface area contributed by atoms with E-state index in [9.17, 15) is 4.79 Å². The smallest absolute Gasteiger partial charge is 0.267 e. The van der Waals surface area contributed by atoms with Crippen LogP contribution < -0.4 is 10.4 Å². The monoisotopic (exact) mass is 348 g/mol. The number of benzene rings is 2. The molecule has 3 rings (SSSR count). The van der Waals surface area contributed by atoms with Gasteiger partial charge in [-0.25, -0.2) is 5.48 Å². The van der Waals surface area contributed by atoms with Gasteiger partial charge in [0, 0.05) is 24.9 Å². The number of carbonyl (C=O) groups excluding carboxylic acids is 1. The number of amides is 1. The minimum atomic E-state index is -0.567. The Morgan fingerprint density at radius 3 is 2.35 bits per heavy atom. The molecule has 0 saturated carbocycles. The van der Waals surface area contributed by atoms with Gasteiger partial charge in [-0.15, -0.1) is 0 Å². The lowest BCUT2D eigenvalue weighted by Gasteiger charge is -2.20. The van der Waals surface area contributed by atoms with Crippen LogP contribution in [0.25, 0.3) is 6.08 Å². The zero-order valence-corrected chi connectivity index (χ0v) is 13.6. The third-order valence-electron chi connectivity index (χ3n) is 3.77. The summed E-state index contributed by atoms with van der Waals surface area (Å²) in [5, 5.41) is 9.69. The summed E-state index contributed by atoms with van der Waals surface area (Å²) in [6.45, 7) is 1.45. The normalized spacial score (nSPS) is 13.4. The summed E-state index contributed by atoms with van der Waals surface area (Å²) in [6.07, 6.45) is 2.96. The fraction of sp³-hybridized carbons (Fsp3) is 0.118. The lowest BCUT2D eigenvalue weighted by atomic mass is 10.1. The van der Waals surface area contributed by atoms with Crippen LogP contribution in [0.4, 0.5) is 5.69 Å². The highest BCUT2D eigenvalue weighted by Crippen LogP contribution is 2.35. The number of para-hydroxylation sites is 1. The molecule has 1 heterocycles. The lowest BCUT2D eigenvalue weighted by molar-refractivity contribution is -0.124. The number of nitrogens with zero attached hydrogens (tertiary/aromatic N) is 1. The quantitative estimate of drug-likeness (QED) is 0.500. The van der Waals surface area contributed by atoms with Crippen LogP contribution in [0.2, 0.25) is 10.0 Å². The van der Waals surface area contributed by atoms with Gasteiger partial charge in [-0.2, -0.15) is 0 Å². The molecule has 1 amide bonds. The number of anilines is 1. The highest BCUT2D eigenvalue weighted by atomic mass is 35.5. The summed E-state index contributed by atoms with van der Waals surface area (Å²) < 4.78 is 0. The van der Waals surface area contributed by atoms with Gasteiger partial charge < -0.3 is 4.90 Å². The van der Waals surface area contributed by atoms with Crippen LogP contribution in [-0.2, 0) is 17.9 Å². The molecule has 0 spiro atoms. The number of nitrogens with one attached hydrogen (secondary N) is 1. The lowest BCUT2D eigenvalue weighted by Crippen LogP contribution is -2.16. The highest BCUT2D eigenvalue weighted by Gasteiger charge is 2.22. The number of halogens is 2. The Labute approximate surface area is 143 Å². The molecule has 0 radical (unpaired) electrons. The van der Waals surface area contributed by atoms with Crippen LogP contribution in [0.3, 0.4) is 0 Å². The Morgan fingerprint density at radius 2 is 1.74 bits per heavy atom. The molecule has 0 aromatic heterocycles. The number of fused-ring (bicyclic) bond motifs is 1. The third-order valence-corrected chi connectivity index (χ3v) is 4.49. The highest BCUT2D eigenvalue weighted by molar-refractivity contribution is 6.42. The molecule has 2 N–H and O–H groups in total. The van der Waals surface area contributed by atoms with Gasteiger partial charge in [0.1, 0.15) is 0 Å². The molecule has 0 bridgehead atoms. The maximum absolute atomic E-state index is 11.2. The van der Waals surface area contributed by atoms with Crippen molar-refractivity contribution in [2.24, 2.45) is 0 Å². The van der Waals surface area contributed by atoms with Gasteiger partial charge in [0.2, 0.25) is 0 Å². The first-order valence-corrected chi connectivity index (χ1v) is 7.77. The Kier molecular flexibility index (Phi) is 4.57. The SMILES string of the molecule is O=C(C=Cc1ccccc1N1Cc2cc(Cl)c(Cl)cc2C1)NO. The second kappa shape index (κ2) is 6.62. The summed E-state index contributed by atoms with van der Waals surface area (Å²) in [6, 6.07) is 11.6. The van der Waals surface area contributed by atoms with E-state index in [4.69, 9.17) is 28.4 Å². The van der Waals surface area contributed by atoms with Gasteiger partial charge in [0.25, 0.3) is 5.91 Å². The molecule has 23 heavy (non-hydrogen) atoms. The fourth-order valence-electron chi connectivity index (χ4n) is 2.68. The molecule has 0 atom stereocenters. The third kappa shape index (κ3) is 3.34. The summed E-state index contributed by atoms with van der Waals surface area (Å²) >= 11 is 12.2. The first kappa shape index (κ1) is 15.9. The van der Waals surface area contributed by atoms with Gasteiger partial charge in [0.15, 0.2) is 0 Å². The van der Waals surface area contributed by atoms with Crippen molar-refractivity contribution in [1.29, 1.82) is 0 Å². The Morgan fingerprint density at radius 1 is 1.13 bits per heavy atom. The van der Waals surface area contributed by atoms with Gasteiger partial charge in [0.05, 0.1) is 10.0 Å². The second-order valence-electron chi connectivity index (χ2n) is 5.26. The molecule has 118 valence electrons. The molecule has 0 saturated heterocycles. The number of hydrogen-bond donors (Lipinski definition) is 2. The van der Waals surface area contributed by atoms with Gasteiger partial charge in [-0.05, 0) is 41.0 Å². The average Bonchev–Trinajstić information content (AvgIpc) is 2.95. The zero-order valence-electron chi connectivity index (χ0n) is 12.1. The van der Waals surface area contributed by atoms with Crippen LogP contribution in [-0.4, -0.2) is 11.1 Å². The molecule has 1 aliphatic heterocycles.